The van der Waals surface area contributed by atoms with Crippen LogP contribution in [-0.2, 0) is 33.9 Å². The molecule has 1 atom stereocenters. The van der Waals surface area contributed by atoms with Gasteiger partial charge in [0.15, 0.2) is 0 Å². The number of nitrogens with one attached hydrogen (secondary N) is 1. The van der Waals surface area contributed by atoms with E-state index < -0.39 is 29.7 Å². The predicted octanol–water partition coefficient (Wildman–Crippen LogP) is 5.14. The van der Waals surface area contributed by atoms with E-state index in [0.717, 1.165) is 11.1 Å². The van der Waals surface area contributed by atoms with Gasteiger partial charge in [0.1, 0.15) is 36.2 Å². The van der Waals surface area contributed by atoms with E-state index in [0.29, 0.717) is 5.56 Å². The van der Waals surface area contributed by atoms with Crippen LogP contribution in [0.5, 0.6) is 5.75 Å². The first kappa shape index (κ1) is 27.3. The van der Waals surface area contributed by atoms with E-state index in [1.807, 2.05) is 60.7 Å². The molecule has 3 aromatic carbocycles. The fraction of sp³-hybridized carbons (Fsp3) is 0.276. The Balaban J connectivity index is 1.76. The highest BCUT2D eigenvalue weighted by molar-refractivity contribution is 5.91. The summed E-state index contributed by atoms with van der Waals surface area (Å²) < 4.78 is 16.5. The fourth-order valence-corrected chi connectivity index (χ4v) is 3.44. The lowest BCUT2D eigenvalue weighted by Crippen LogP contribution is -2.45. The van der Waals surface area contributed by atoms with E-state index in [1.54, 1.807) is 32.9 Å². The van der Waals surface area contributed by atoms with Crippen LogP contribution in [0.15, 0.2) is 78.9 Å². The van der Waals surface area contributed by atoms with Crippen molar-refractivity contribution in [1.29, 1.82) is 0 Å². The van der Waals surface area contributed by atoms with Crippen LogP contribution in [0, 0.1) is 0 Å². The summed E-state index contributed by atoms with van der Waals surface area (Å²) in [6.45, 7) is 5.36. The highest BCUT2D eigenvalue weighted by atomic mass is 16.6. The third-order valence-electron chi connectivity index (χ3n) is 5.15. The van der Waals surface area contributed by atoms with E-state index in [2.05, 4.69) is 5.32 Å². The van der Waals surface area contributed by atoms with Crippen LogP contribution in [0.3, 0.4) is 0 Å². The summed E-state index contributed by atoms with van der Waals surface area (Å²) >= 11 is 0. The number of alkyl carbamates (subject to hydrolysis) is 1. The molecule has 0 unspecified atom stereocenters. The van der Waals surface area contributed by atoms with Crippen molar-refractivity contribution in [1.82, 2.24) is 5.32 Å². The van der Waals surface area contributed by atoms with Crippen molar-refractivity contribution >= 4 is 18.0 Å². The molecular formula is C29H31NO7. The van der Waals surface area contributed by atoms with Crippen LogP contribution >= 0.6 is 0 Å². The molecule has 0 fully saturated rings. The SMILES string of the molecule is CC(C)(C)OC(=O)N[C@@H](Cc1ccc(OCc2ccccc2)c(C(=O)O)c1)C(=O)OCc1ccccc1. The van der Waals surface area contributed by atoms with Crippen molar-refractivity contribution < 1.29 is 33.7 Å². The molecule has 3 rings (SSSR count). The van der Waals surface area contributed by atoms with Crippen LogP contribution in [0.2, 0.25) is 0 Å². The van der Waals surface area contributed by atoms with Crippen molar-refractivity contribution in [3.8, 4) is 5.75 Å². The van der Waals surface area contributed by atoms with Gasteiger partial charge in [-0.2, -0.15) is 0 Å². The van der Waals surface area contributed by atoms with Gasteiger partial charge in [0, 0.05) is 6.42 Å². The van der Waals surface area contributed by atoms with Crippen molar-refractivity contribution in [2.45, 2.75) is 52.0 Å². The summed E-state index contributed by atoms with van der Waals surface area (Å²) in [4.78, 5) is 37.3. The number of carboxylic acids is 1. The first-order chi connectivity index (χ1) is 17.6. The summed E-state index contributed by atoms with van der Waals surface area (Å²) in [7, 11) is 0. The number of rotatable bonds is 10. The molecule has 8 nitrogen and oxygen atoms in total. The average molecular weight is 506 g/mol. The number of carboxylic acid groups (broad SMARTS) is 1. The van der Waals surface area contributed by atoms with Gasteiger partial charge in [-0.25, -0.2) is 14.4 Å². The number of ether oxygens (including phenoxy) is 3. The van der Waals surface area contributed by atoms with Gasteiger partial charge in [0.25, 0.3) is 0 Å². The zero-order chi connectivity index (χ0) is 26.8. The molecular weight excluding hydrogens is 474 g/mol. The second-order valence-electron chi connectivity index (χ2n) is 9.41. The van der Waals surface area contributed by atoms with Crippen molar-refractivity contribution in [3.63, 3.8) is 0 Å². The summed E-state index contributed by atoms with van der Waals surface area (Å²) in [5.74, 6) is -1.65. The molecule has 0 saturated heterocycles. The Bertz CT molecular complexity index is 1200. The second-order valence-corrected chi connectivity index (χ2v) is 9.41. The maximum atomic E-state index is 12.9. The van der Waals surface area contributed by atoms with Crippen molar-refractivity contribution in [2.24, 2.45) is 0 Å². The van der Waals surface area contributed by atoms with Crippen molar-refractivity contribution in [3.05, 3.63) is 101 Å². The van der Waals surface area contributed by atoms with Gasteiger partial charge in [-0.15, -0.1) is 0 Å². The summed E-state index contributed by atoms with van der Waals surface area (Å²) in [5.41, 5.74) is 1.37. The Morgan fingerprint density at radius 3 is 2.00 bits per heavy atom. The zero-order valence-electron chi connectivity index (χ0n) is 21.1. The lowest BCUT2D eigenvalue weighted by Gasteiger charge is -2.23. The molecule has 2 N–H and O–H groups in total. The van der Waals surface area contributed by atoms with Gasteiger partial charge in [-0.05, 0) is 49.6 Å². The molecule has 0 aliphatic carbocycles. The minimum Gasteiger partial charge on any atom is -0.488 e. The number of carbonyl (C=O) groups is 3. The van der Waals surface area contributed by atoms with E-state index in [1.165, 1.54) is 6.07 Å². The largest absolute Gasteiger partial charge is 0.488 e. The summed E-state index contributed by atoms with van der Waals surface area (Å²) in [5, 5.41) is 12.3. The number of carbonyl (C=O) groups excluding carboxylic acids is 2. The molecule has 37 heavy (non-hydrogen) atoms. The Morgan fingerprint density at radius 1 is 0.838 bits per heavy atom. The molecule has 1 amide bonds. The lowest BCUT2D eigenvalue weighted by atomic mass is 10.0. The molecule has 3 aromatic rings. The smallest absolute Gasteiger partial charge is 0.408 e. The minimum atomic E-state index is -1.17. The predicted molar refractivity (Wildman–Crippen MR) is 137 cm³/mol. The zero-order valence-corrected chi connectivity index (χ0v) is 21.1. The quantitative estimate of drug-likeness (QED) is 0.367. The van der Waals surface area contributed by atoms with Crippen LogP contribution in [0.4, 0.5) is 4.79 Å². The average Bonchev–Trinajstić information content (AvgIpc) is 2.86. The molecule has 0 bridgehead atoms. The van der Waals surface area contributed by atoms with Gasteiger partial charge in [0.2, 0.25) is 0 Å². The molecule has 0 radical (unpaired) electrons. The molecule has 0 heterocycles. The Morgan fingerprint density at radius 2 is 1.43 bits per heavy atom. The fourth-order valence-electron chi connectivity index (χ4n) is 3.44. The van der Waals surface area contributed by atoms with Crippen LogP contribution < -0.4 is 10.1 Å². The van der Waals surface area contributed by atoms with Gasteiger partial charge < -0.3 is 24.6 Å². The van der Waals surface area contributed by atoms with Gasteiger partial charge in [0.05, 0.1) is 0 Å². The number of benzene rings is 3. The second kappa shape index (κ2) is 12.6. The third kappa shape index (κ3) is 9.00. The molecule has 194 valence electrons. The molecule has 0 aliphatic rings. The first-order valence-electron chi connectivity index (χ1n) is 11.8. The van der Waals surface area contributed by atoms with Crippen molar-refractivity contribution in [2.75, 3.05) is 0 Å². The van der Waals surface area contributed by atoms with Crippen LogP contribution in [0.25, 0.3) is 0 Å². The highest BCUT2D eigenvalue weighted by Crippen LogP contribution is 2.23. The number of amides is 1. The summed E-state index contributed by atoms with van der Waals surface area (Å²) in [6.07, 6.45) is -0.790. The maximum absolute atomic E-state index is 12.9. The van der Waals surface area contributed by atoms with Crippen LogP contribution in [-0.4, -0.2) is 34.8 Å². The molecule has 0 aliphatic heterocycles. The monoisotopic (exact) mass is 505 g/mol. The maximum Gasteiger partial charge on any atom is 0.408 e. The number of hydrogen-bond donors (Lipinski definition) is 2. The topological polar surface area (TPSA) is 111 Å². The van der Waals surface area contributed by atoms with E-state index in [9.17, 15) is 19.5 Å². The number of esters is 1. The lowest BCUT2D eigenvalue weighted by molar-refractivity contribution is -0.147. The summed E-state index contributed by atoms with van der Waals surface area (Å²) in [6, 6.07) is 22.0. The number of aromatic carboxylic acids is 1. The minimum absolute atomic E-state index is 0.00783. The van der Waals surface area contributed by atoms with Gasteiger partial charge >= 0.3 is 18.0 Å². The van der Waals surface area contributed by atoms with E-state index in [-0.39, 0.29) is 30.9 Å². The van der Waals surface area contributed by atoms with E-state index >= 15 is 0 Å². The Hall–Kier alpha value is -4.33. The Kier molecular flexibility index (Phi) is 9.27. The molecule has 0 spiro atoms. The third-order valence-corrected chi connectivity index (χ3v) is 5.15. The highest BCUT2D eigenvalue weighted by Gasteiger charge is 2.27. The molecule has 0 saturated carbocycles. The standard InChI is InChI=1S/C29H31NO7/c1-29(2,3)37-28(34)30-24(27(33)36-19-21-12-8-5-9-13-21)17-22-14-15-25(23(16-22)26(31)32)35-18-20-10-6-4-7-11-20/h4-16,24H,17-19H2,1-3H3,(H,30,34)(H,31,32)/t24-/m0/s1. The molecule has 0 aromatic heterocycles. The first-order valence-corrected chi connectivity index (χ1v) is 11.8. The normalized spacial score (nSPS) is 11.8. The van der Waals surface area contributed by atoms with Gasteiger partial charge in [-0.3, -0.25) is 0 Å². The van der Waals surface area contributed by atoms with Gasteiger partial charge in [-0.1, -0.05) is 66.7 Å². The Labute approximate surface area is 216 Å². The van der Waals surface area contributed by atoms with E-state index in [4.69, 9.17) is 14.2 Å². The number of hydrogen-bond acceptors (Lipinski definition) is 6. The van der Waals surface area contributed by atoms with Crippen LogP contribution in [0.1, 0.15) is 47.8 Å². The molecule has 8 heteroatoms.